The Kier molecular flexibility index (Phi) is 4.93. The van der Waals surface area contributed by atoms with Gasteiger partial charge in [0, 0.05) is 24.8 Å². The zero-order valence-electron chi connectivity index (χ0n) is 12.2. The highest BCUT2D eigenvalue weighted by Crippen LogP contribution is 2.15. The summed E-state index contributed by atoms with van der Waals surface area (Å²) in [7, 11) is 0. The van der Waals surface area contributed by atoms with Gasteiger partial charge in [0.2, 0.25) is 5.91 Å². The summed E-state index contributed by atoms with van der Waals surface area (Å²) in [6.07, 6.45) is 5.20. The smallest absolute Gasteiger partial charge is 0.238 e. The number of hydrogen-bond acceptors (Lipinski definition) is 3. The third-order valence-corrected chi connectivity index (χ3v) is 3.79. The van der Waals surface area contributed by atoms with Crippen LogP contribution in [0.5, 0.6) is 0 Å². The van der Waals surface area contributed by atoms with Crippen LogP contribution < -0.4 is 11.1 Å². The van der Waals surface area contributed by atoms with Crippen molar-refractivity contribution in [1.82, 2.24) is 4.90 Å². The lowest BCUT2D eigenvalue weighted by Crippen LogP contribution is -2.45. The Bertz CT molecular complexity index is 510. The fourth-order valence-electron chi connectivity index (χ4n) is 2.41. The second kappa shape index (κ2) is 6.68. The molecular formula is C16H23N3O. The number of anilines is 1. The van der Waals surface area contributed by atoms with Crippen LogP contribution in [-0.2, 0) is 4.79 Å². The van der Waals surface area contributed by atoms with Crippen molar-refractivity contribution < 1.29 is 4.79 Å². The Balaban J connectivity index is 1.95. The first-order valence-corrected chi connectivity index (χ1v) is 7.08. The van der Waals surface area contributed by atoms with E-state index in [0.717, 1.165) is 18.7 Å². The molecule has 1 aliphatic rings. The van der Waals surface area contributed by atoms with Crippen LogP contribution in [0.2, 0.25) is 0 Å². The molecule has 0 saturated carbocycles. The van der Waals surface area contributed by atoms with Gasteiger partial charge < -0.3 is 11.1 Å². The Hall–Kier alpha value is -1.65. The van der Waals surface area contributed by atoms with E-state index in [1.54, 1.807) is 0 Å². The molecule has 1 aliphatic heterocycles. The highest BCUT2D eigenvalue weighted by molar-refractivity contribution is 5.92. The zero-order chi connectivity index (χ0) is 14.5. The van der Waals surface area contributed by atoms with Gasteiger partial charge in [0.05, 0.1) is 6.54 Å². The minimum Gasteiger partial charge on any atom is -0.329 e. The number of aryl methyl sites for hydroxylation is 2. The van der Waals surface area contributed by atoms with Crippen molar-refractivity contribution in [2.45, 2.75) is 26.3 Å². The van der Waals surface area contributed by atoms with Gasteiger partial charge in [-0.3, -0.25) is 9.69 Å². The molecule has 0 radical (unpaired) electrons. The van der Waals surface area contributed by atoms with E-state index in [9.17, 15) is 4.79 Å². The summed E-state index contributed by atoms with van der Waals surface area (Å²) in [6.45, 7) is 5.93. The van der Waals surface area contributed by atoms with Crippen LogP contribution in [0.3, 0.4) is 0 Å². The van der Waals surface area contributed by atoms with E-state index in [-0.39, 0.29) is 11.9 Å². The molecule has 0 saturated heterocycles. The lowest BCUT2D eigenvalue weighted by atomic mass is 10.1. The third kappa shape index (κ3) is 3.68. The number of carbonyl (C=O) groups is 1. The van der Waals surface area contributed by atoms with Gasteiger partial charge in [0.15, 0.2) is 0 Å². The van der Waals surface area contributed by atoms with E-state index in [4.69, 9.17) is 5.73 Å². The van der Waals surface area contributed by atoms with Gasteiger partial charge in [-0.05, 0) is 43.5 Å². The lowest BCUT2D eigenvalue weighted by molar-refractivity contribution is -0.117. The van der Waals surface area contributed by atoms with Crippen molar-refractivity contribution in [3.05, 3.63) is 41.5 Å². The first kappa shape index (κ1) is 14.8. The molecule has 3 N–H and O–H groups in total. The number of nitrogens with zero attached hydrogens (tertiary/aromatic N) is 1. The van der Waals surface area contributed by atoms with E-state index in [2.05, 4.69) is 29.3 Å². The number of nitrogens with one attached hydrogen (secondary N) is 1. The summed E-state index contributed by atoms with van der Waals surface area (Å²) in [5.41, 5.74) is 9.00. The maximum atomic E-state index is 12.1. The summed E-state index contributed by atoms with van der Waals surface area (Å²) in [6, 6.07) is 6.15. The van der Waals surface area contributed by atoms with Gasteiger partial charge >= 0.3 is 0 Å². The Morgan fingerprint density at radius 3 is 2.90 bits per heavy atom. The van der Waals surface area contributed by atoms with Crippen LogP contribution in [-0.4, -0.2) is 36.5 Å². The summed E-state index contributed by atoms with van der Waals surface area (Å²) >= 11 is 0. The fraction of sp³-hybridized carbons (Fsp3) is 0.438. The number of amides is 1. The zero-order valence-corrected chi connectivity index (χ0v) is 12.2. The van der Waals surface area contributed by atoms with Crippen molar-refractivity contribution in [3.8, 4) is 0 Å². The molecule has 0 aliphatic carbocycles. The highest BCUT2D eigenvalue weighted by Gasteiger charge is 2.19. The van der Waals surface area contributed by atoms with Crippen molar-refractivity contribution in [3.63, 3.8) is 0 Å². The standard InChI is InChI=1S/C16H23N3O/c1-12-6-7-14(9-13(12)2)18-16(20)11-19-8-4-3-5-15(19)10-17/h3,5-7,9,15H,4,8,10-11,17H2,1-2H3,(H,18,20). The maximum absolute atomic E-state index is 12.1. The molecule has 0 aromatic heterocycles. The van der Waals surface area contributed by atoms with Crippen molar-refractivity contribution >= 4 is 11.6 Å². The predicted molar refractivity (Wildman–Crippen MR) is 82.7 cm³/mol. The molecule has 108 valence electrons. The van der Waals surface area contributed by atoms with Gasteiger partial charge in [-0.2, -0.15) is 0 Å². The third-order valence-electron chi connectivity index (χ3n) is 3.79. The van der Waals surface area contributed by atoms with Crippen LogP contribution >= 0.6 is 0 Å². The van der Waals surface area contributed by atoms with Crippen LogP contribution in [0.4, 0.5) is 5.69 Å². The van der Waals surface area contributed by atoms with E-state index in [0.29, 0.717) is 13.1 Å². The van der Waals surface area contributed by atoms with Crippen LogP contribution in [0.25, 0.3) is 0 Å². The predicted octanol–water partition coefficient (Wildman–Crippen LogP) is 1.83. The number of rotatable bonds is 4. The second-order valence-corrected chi connectivity index (χ2v) is 5.34. The first-order valence-electron chi connectivity index (χ1n) is 7.08. The summed E-state index contributed by atoms with van der Waals surface area (Å²) in [4.78, 5) is 14.2. The molecule has 1 amide bonds. The molecule has 2 rings (SSSR count). The topological polar surface area (TPSA) is 58.4 Å². The molecule has 1 aromatic rings. The van der Waals surface area contributed by atoms with Crippen molar-refractivity contribution in [2.75, 3.05) is 25.0 Å². The molecule has 0 fully saturated rings. The molecule has 1 heterocycles. The summed E-state index contributed by atoms with van der Waals surface area (Å²) in [5.74, 6) is 0.0157. The monoisotopic (exact) mass is 273 g/mol. The van der Waals surface area contributed by atoms with E-state index < -0.39 is 0 Å². The molecular weight excluding hydrogens is 250 g/mol. The average molecular weight is 273 g/mol. The first-order chi connectivity index (χ1) is 9.60. The van der Waals surface area contributed by atoms with Crippen LogP contribution in [0, 0.1) is 13.8 Å². The fourth-order valence-corrected chi connectivity index (χ4v) is 2.41. The quantitative estimate of drug-likeness (QED) is 0.823. The largest absolute Gasteiger partial charge is 0.329 e. The van der Waals surface area contributed by atoms with Gasteiger partial charge in [-0.25, -0.2) is 0 Å². The molecule has 1 aromatic carbocycles. The van der Waals surface area contributed by atoms with Gasteiger partial charge in [-0.1, -0.05) is 18.2 Å². The van der Waals surface area contributed by atoms with Crippen molar-refractivity contribution in [2.24, 2.45) is 5.73 Å². The van der Waals surface area contributed by atoms with Crippen LogP contribution in [0.15, 0.2) is 30.4 Å². The number of hydrogen-bond donors (Lipinski definition) is 2. The summed E-state index contributed by atoms with van der Waals surface area (Å²) < 4.78 is 0. The molecule has 4 heteroatoms. The lowest BCUT2D eigenvalue weighted by Gasteiger charge is -2.30. The molecule has 0 bridgehead atoms. The Labute approximate surface area is 120 Å². The highest BCUT2D eigenvalue weighted by atomic mass is 16.2. The Morgan fingerprint density at radius 1 is 1.40 bits per heavy atom. The summed E-state index contributed by atoms with van der Waals surface area (Å²) in [5, 5.41) is 2.96. The number of benzene rings is 1. The van der Waals surface area contributed by atoms with Crippen molar-refractivity contribution in [1.29, 1.82) is 0 Å². The second-order valence-electron chi connectivity index (χ2n) is 5.34. The molecule has 1 atom stereocenters. The van der Waals surface area contributed by atoms with E-state index >= 15 is 0 Å². The minimum absolute atomic E-state index is 0.0157. The molecule has 0 spiro atoms. The number of nitrogens with two attached hydrogens (primary N) is 1. The number of carbonyl (C=O) groups excluding carboxylic acids is 1. The minimum atomic E-state index is 0.0157. The normalized spacial score (nSPS) is 19.1. The molecule has 1 unspecified atom stereocenters. The maximum Gasteiger partial charge on any atom is 0.238 e. The Morgan fingerprint density at radius 2 is 2.20 bits per heavy atom. The van der Waals surface area contributed by atoms with E-state index in [1.807, 2.05) is 25.1 Å². The van der Waals surface area contributed by atoms with Crippen LogP contribution in [0.1, 0.15) is 17.5 Å². The van der Waals surface area contributed by atoms with Gasteiger partial charge in [0.25, 0.3) is 0 Å². The SMILES string of the molecule is Cc1ccc(NC(=O)CN2CCC=CC2CN)cc1C. The molecule has 20 heavy (non-hydrogen) atoms. The molecule has 4 nitrogen and oxygen atoms in total. The van der Waals surface area contributed by atoms with Gasteiger partial charge in [-0.15, -0.1) is 0 Å². The van der Waals surface area contributed by atoms with E-state index in [1.165, 1.54) is 11.1 Å². The van der Waals surface area contributed by atoms with Gasteiger partial charge in [0.1, 0.15) is 0 Å². The average Bonchev–Trinajstić information content (AvgIpc) is 2.43.